The summed E-state index contributed by atoms with van der Waals surface area (Å²) in [7, 11) is -3.37. The maximum absolute atomic E-state index is 13.1. The van der Waals surface area contributed by atoms with Crippen molar-refractivity contribution in [1.29, 1.82) is 0 Å². The molecule has 0 unspecified atom stereocenters. The van der Waals surface area contributed by atoms with Crippen molar-refractivity contribution in [2.75, 3.05) is 6.61 Å². The number of ether oxygens (including phenoxy) is 3. The van der Waals surface area contributed by atoms with Gasteiger partial charge < -0.3 is 14.2 Å². The van der Waals surface area contributed by atoms with Crippen LogP contribution >= 0.6 is 15.9 Å². The lowest BCUT2D eigenvalue weighted by Gasteiger charge is -2.35. The van der Waals surface area contributed by atoms with Crippen LogP contribution in [0.5, 0.6) is 0 Å². The Kier molecular flexibility index (Phi) is 8.42. The Morgan fingerprint density at radius 1 is 0.905 bits per heavy atom. The van der Waals surface area contributed by atoms with E-state index in [4.69, 9.17) is 14.2 Å². The molecule has 1 heterocycles. The Hall–Kier alpha value is -2.78. The topological polar surface area (TPSA) is 78.9 Å². The van der Waals surface area contributed by atoms with Gasteiger partial charge >= 0.3 is 5.97 Å². The van der Waals surface area contributed by atoms with Crippen molar-refractivity contribution in [2.24, 2.45) is 5.92 Å². The molecule has 220 valence electrons. The van der Waals surface area contributed by atoms with Crippen molar-refractivity contribution >= 4 is 37.3 Å². The average molecular weight is 652 g/mol. The number of sulfone groups is 1. The molecule has 1 aliphatic heterocycles. The molecule has 6 nitrogen and oxygen atoms in total. The summed E-state index contributed by atoms with van der Waals surface area (Å²) in [6.07, 6.45) is 5.90. The van der Waals surface area contributed by atoms with Gasteiger partial charge in [-0.3, -0.25) is 0 Å². The maximum Gasteiger partial charge on any atom is 0.338 e. The van der Waals surface area contributed by atoms with Gasteiger partial charge in [0.25, 0.3) is 0 Å². The van der Waals surface area contributed by atoms with Crippen molar-refractivity contribution in [1.82, 2.24) is 0 Å². The molecule has 0 N–H and O–H groups in total. The molecule has 3 fully saturated rings. The summed E-state index contributed by atoms with van der Waals surface area (Å²) in [6.45, 7) is 2.03. The van der Waals surface area contributed by atoms with Gasteiger partial charge in [-0.2, -0.15) is 0 Å². The van der Waals surface area contributed by atoms with Crippen LogP contribution in [0.3, 0.4) is 0 Å². The van der Waals surface area contributed by atoms with E-state index in [1.165, 1.54) is 0 Å². The monoisotopic (exact) mass is 650 g/mol. The van der Waals surface area contributed by atoms with Crippen LogP contribution in [0.15, 0.2) is 94.3 Å². The molecular formula is C34H35BrO6S. The van der Waals surface area contributed by atoms with Crippen LogP contribution in [0.4, 0.5) is 0 Å². The van der Waals surface area contributed by atoms with Gasteiger partial charge in [-0.25, -0.2) is 13.2 Å². The number of carbonyl (C=O) groups excluding carboxylic acids is 1. The summed E-state index contributed by atoms with van der Waals surface area (Å²) < 4.78 is 45.1. The second-order valence-corrected chi connectivity index (χ2v) is 14.4. The average Bonchev–Trinajstić information content (AvgIpc) is 3.81. The van der Waals surface area contributed by atoms with Crippen molar-refractivity contribution in [3.8, 4) is 0 Å². The van der Waals surface area contributed by atoms with Crippen LogP contribution < -0.4 is 0 Å². The molecule has 0 aromatic heterocycles. The molecule has 2 saturated carbocycles. The molecule has 42 heavy (non-hydrogen) atoms. The Bertz CT molecular complexity index is 1510. The molecule has 1 saturated heterocycles. The first-order valence-corrected chi connectivity index (χ1v) is 17.0. The summed E-state index contributed by atoms with van der Waals surface area (Å²) in [5, 5.41) is -0.308. The molecule has 3 aromatic carbocycles. The van der Waals surface area contributed by atoms with Crippen molar-refractivity contribution in [3.63, 3.8) is 0 Å². The van der Waals surface area contributed by atoms with E-state index in [1.807, 2.05) is 42.5 Å². The second kappa shape index (κ2) is 12.1. The van der Waals surface area contributed by atoms with Crippen molar-refractivity contribution in [2.45, 2.75) is 73.6 Å². The molecule has 1 spiro atoms. The smallest absolute Gasteiger partial charge is 0.338 e. The Labute approximate surface area is 256 Å². The molecule has 0 radical (unpaired) electrons. The van der Waals surface area contributed by atoms with Crippen molar-refractivity contribution in [3.05, 3.63) is 106 Å². The predicted molar refractivity (Wildman–Crippen MR) is 164 cm³/mol. The number of hydrogen-bond acceptors (Lipinski definition) is 6. The molecule has 0 bridgehead atoms. The van der Waals surface area contributed by atoms with E-state index < -0.39 is 21.6 Å². The molecule has 8 heteroatoms. The number of esters is 1. The Balaban J connectivity index is 1.23. The summed E-state index contributed by atoms with van der Waals surface area (Å²) in [6, 6.07) is 25.5. The van der Waals surface area contributed by atoms with E-state index in [0.717, 1.165) is 24.0 Å². The highest BCUT2D eigenvalue weighted by atomic mass is 79.9. The van der Waals surface area contributed by atoms with Crippen molar-refractivity contribution < 1.29 is 27.4 Å². The van der Waals surface area contributed by atoms with Crippen LogP contribution in [-0.2, 0) is 28.8 Å². The van der Waals surface area contributed by atoms with Gasteiger partial charge in [0.05, 0.1) is 22.3 Å². The highest BCUT2D eigenvalue weighted by Gasteiger charge is 2.50. The van der Waals surface area contributed by atoms with Crippen LogP contribution in [0.25, 0.3) is 5.57 Å². The number of carbonyl (C=O) groups is 1. The predicted octanol–water partition coefficient (Wildman–Crippen LogP) is 7.75. The largest absolute Gasteiger partial charge is 0.462 e. The quantitative estimate of drug-likeness (QED) is 0.183. The molecule has 2 atom stereocenters. The van der Waals surface area contributed by atoms with E-state index in [0.29, 0.717) is 41.3 Å². The summed E-state index contributed by atoms with van der Waals surface area (Å²) in [4.78, 5) is 13.4. The molecule has 6 rings (SSSR count). The molecule has 2 aliphatic carbocycles. The second-order valence-electron chi connectivity index (χ2n) is 11.3. The van der Waals surface area contributed by atoms with E-state index in [2.05, 4.69) is 40.2 Å². The zero-order valence-corrected chi connectivity index (χ0v) is 26.0. The first-order valence-electron chi connectivity index (χ1n) is 14.7. The molecular weight excluding hydrogens is 616 g/mol. The fourth-order valence-electron chi connectivity index (χ4n) is 6.05. The standard InChI is InChI=1S/C34H35BrO6S/c1-2-39-33(36)28(26-13-16-30(29(35)22-26)42(37,38)27-14-15-27)21-23-17-19-34(20-18-23)40-31(24-9-5-3-6-10-24)32(41-34)25-11-7-4-8-12-25/h3-13,16,21-23,27,31-32H,2,14-15,17-20H2,1H3/t31-,32-/m0/s1. The maximum atomic E-state index is 13.1. The highest BCUT2D eigenvalue weighted by Crippen LogP contribution is 2.53. The first-order chi connectivity index (χ1) is 20.3. The molecule has 0 amide bonds. The zero-order chi connectivity index (χ0) is 29.3. The normalized spacial score (nSPS) is 22.8. The van der Waals surface area contributed by atoms with E-state index in [1.54, 1.807) is 25.1 Å². The lowest BCUT2D eigenvalue weighted by atomic mass is 9.83. The summed E-state index contributed by atoms with van der Waals surface area (Å²) in [5.74, 6) is -0.997. The van der Waals surface area contributed by atoms with Gasteiger partial charge in [0.15, 0.2) is 15.6 Å². The van der Waals surface area contributed by atoms with Gasteiger partial charge in [0.2, 0.25) is 0 Å². The van der Waals surface area contributed by atoms with Crippen LogP contribution in [0.2, 0.25) is 0 Å². The molecule has 3 aromatic rings. The minimum absolute atomic E-state index is 0.113. The molecule has 3 aliphatic rings. The van der Waals surface area contributed by atoms with E-state index >= 15 is 0 Å². The number of halogens is 1. The van der Waals surface area contributed by atoms with Gasteiger partial charge in [0.1, 0.15) is 12.2 Å². The third-order valence-corrected chi connectivity index (χ3v) is 11.7. The van der Waals surface area contributed by atoms with Gasteiger partial charge in [-0.15, -0.1) is 0 Å². The SMILES string of the molecule is CCOC(=O)C(=CC1CCC2(CC1)O[C@@H](c1ccccc1)[C@H](c1ccccc1)O2)c1ccc(S(=O)(=O)C2CC2)c(Br)c1. The van der Waals surface area contributed by atoms with Crippen LogP contribution in [-0.4, -0.2) is 32.0 Å². The summed E-state index contributed by atoms with van der Waals surface area (Å²) in [5.41, 5.74) is 3.27. The lowest BCUT2D eigenvalue weighted by Crippen LogP contribution is -2.35. The third-order valence-electron chi connectivity index (χ3n) is 8.42. The highest BCUT2D eigenvalue weighted by molar-refractivity contribution is 9.10. The summed E-state index contributed by atoms with van der Waals surface area (Å²) >= 11 is 3.46. The Morgan fingerprint density at radius 3 is 1.98 bits per heavy atom. The number of allylic oxidation sites excluding steroid dienone is 1. The van der Waals surface area contributed by atoms with Crippen LogP contribution in [0.1, 0.15) is 74.3 Å². The Morgan fingerprint density at radius 2 is 1.48 bits per heavy atom. The fraction of sp³-hybridized carbons (Fsp3) is 0.382. The zero-order valence-electron chi connectivity index (χ0n) is 23.6. The number of rotatable bonds is 8. The van der Waals surface area contributed by atoms with E-state index in [-0.39, 0.29) is 34.9 Å². The van der Waals surface area contributed by atoms with Gasteiger partial charge in [0, 0.05) is 17.3 Å². The minimum Gasteiger partial charge on any atom is -0.462 e. The first kappa shape index (κ1) is 29.3. The third kappa shape index (κ3) is 6.00. The van der Waals surface area contributed by atoms with Gasteiger partial charge in [-0.05, 0) is 83.3 Å². The van der Waals surface area contributed by atoms with E-state index in [9.17, 15) is 13.2 Å². The van der Waals surface area contributed by atoms with Crippen LogP contribution in [0, 0.1) is 5.92 Å². The number of benzene rings is 3. The van der Waals surface area contributed by atoms with Gasteiger partial charge in [-0.1, -0.05) is 72.8 Å². The lowest BCUT2D eigenvalue weighted by molar-refractivity contribution is -0.198. The number of hydrogen-bond donors (Lipinski definition) is 0. The minimum atomic E-state index is -3.37. The fourth-order valence-corrected chi connectivity index (χ4v) is 8.81.